The lowest BCUT2D eigenvalue weighted by Crippen LogP contribution is -2.21. The molecule has 0 atom stereocenters. The van der Waals surface area contributed by atoms with Crippen LogP contribution in [0.1, 0.15) is 11.3 Å². The highest BCUT2D eigenvalue weighted by atomic mass is 19.1. The predicted molar refractivity (Wildman–Crippen MR) is 80.4 cm³/mol. The monoisotopic (exact) mass is 273 g/mol. The van der Waals surface area contributed by atoms with Crippen LogP contribution in [0.15, 0.2) is 42.6 Å². The molecule has 2 rings (SSSR count). The van der Waals surface area contributed by atoms with Crippen molar-refractivity contribution in [3.63, 3.8) is 0 Å². The number of likely N-dealkylation sites (N-methyl/N-ethyl adjacent to an activating group) is 1. The number of benzene rings is 1. The fourth-order valence-electron chi connectivity index (χ4n) is 2.13. The first-order chi connectivity index (χ1) is 9.70. The molecule has 0 radical (unpaired) electrons. The summed E-state index contributed by atoms with van der Waals surface area (Å²) in [4.78, 5) is 6.18. The average molecular weight is 273 g/mol. The zero-order valence-electron chi connectivity index (χ0n) is 11.7. The van der Waals surface area contributed by atoms with Gasteiger partial charge in [-0.25, -0.2) is 4.39 Å². The summed E-state index contributed by atoms with van der Waals surface area (Å²) in [5.74, 6) is -0.195. The zero-order chi connectivity index (χ0) is 14.4. The van der Waals surface area contributed by atoms with E-state index in [2.05, 4.69) is 4.98 Å². The van der Waals surface area contributed by atoms with Gasteiger partial charge in [-0.15, -0.1) is 0 Å². The molecule has 0 aliphatic rings. The number of aromatic nitrogens is 1. The number of halogens is 1. The van der Waals surface area contributed by atoms with Crippen molar-refractivity contribution in [1.29, 1.82) is 0 Å². The van der Waals surface area contributed by atoms with Gasteiger partial charge >= 0.3 is 0 Å². The van der Waals surface area contributed by atoms with Crippen LogP contribution in [0, 0.1) is 5.82 Å². The summed E-state index contributed by atoms with van der Waals surface area (Å²) < 4.78 is 14.1. The summed E-state index contributed by atoms with van der Waals surface area (Å²) in [6, 6.07) is 11.2. The van der Waals surface area contributed by atoms with Gasteiger partial charge < -0.3 is 10.6 Å². The number of nitrogens with zero attached hydrogens (tertiary/aromatic N) is 2. The fraction of sp³-hybridized carbons (Fsp3) is 0.312. The largest absolute Gasteiger partial charge is 0.372 e. The van der Waals surface area contributed by atoms with Crippen LogP contribution in [0.4, 0.5) is 10.1 Å². The lowest BCUT2D eigenvalue weighted by Gasteiger charge is -2.20. The lowest BCUT2D eigenvalue weighted by molar-refractivity contribution is 0.619. The first-order valence-electron chi connectivity index (χ1n) is 6.80. The van der Waals surface area contributed by atoms with E-state index in [1.54, 1.807) is 12.3 Å². The summed E-state index contributed by atoms with van der Waals surface area (Å²) in [6.45, 7) is 1.26. The summed E-state index contributed by atoms with van der Waals surface area (Å²) in [5.41, 5.74) is 8.04. The van der Waals surface area contributed by atoms with Gasteiger partial charge in [0.25, 0.3) is 0 Å². The van der Waals surface area contributed by atoms with E-state index in [1.165, 1.54) is 0 Å². The Kier molecular flexibility index (Phi) is 5.07. The molecule has 0 spiro atoms. The van der Waals surface area contributed by atoms with Gasteiger partial charge in [0.1, 0.15) is 5.82 Å². The molecule has 0 bridgehead atoms. The molecule has 0 saturated heterocycles. The minimum absolute atomic E-state index is 0.195. The second-order valence-corrected chi connectivity index (χ2v) is 4.82. The maximum Gasteiger partial charge on any atom is 0.146 e. The second-order valence-electron chi connectivity index (χ2n) is 4.82. The Hall–Kier alpha value is -1.94. The predicted octanol–water partition coefficient (Wildman–Crippen LogP) is 2.40. The molecule has 2 aromatic rings. The molecule has 1 aromatic heterocycles. The number of nitrogens with two attached hydrogens (primary N) is 1. The van der Waals surface area contributed by atoms with Crippen LogP contribution in [0.25, 0.3) is 0 Å². The normalized spacial score (nSPS) is 10.6. The Labute approximate surface area is 119 Å². The molecule has 20 heavy (non-hydrogen) atoms. The van der Waals surface area contributed by atoms with Crippen molar-refractivity contribution in [1.82, 2.24) is 4.98 Å². The van der Waals surface area contributed by atoms with Crippen molar-refractivity contribution < 1.29 is 4.39 Å². The minimum Gasteiger partial charge on any atom is -0.372 e. The fourth-order valence-corrected chi connectivity index (χ4v) is 2.13. The summed E-state index contributed by atoms with van der Waals surface area (Å²) in [5, 5.41) is 0. The molecular weight excluding hydrogens is 253 g/mol. The first kappa shape index (κ1) is 14.5. The molecule has 0 aliphatic heterocycles. The average Bonchev–Trinajstić information content (AvgIpc) is 2.46. The Balaban J connectivity index is 2.00. The van der Waals surface area contributed by atoms with E-state index in [9.17, 15) is 4.39 Å². The van der Waals surface area contributed by atoms with Crippen LogP contribution < -0.4 is 10.6 Å². The first-order valence-corrected chi connectivity index (χ1v) is 6.80. The standard InChI is InChI=1S/C16H20FN3/c1-20(11-8-14-4-2-3-10-19-14)16-6-5-13(7-9-18)12-15(16)17/h2-6,10,12H,7-9,11,18H2,1H3. The van der Waals surface area contributed by atoms with E-state index in [0.29, 0.717) is 18.7 Å². The molecule has 0 unspecified atom stereocenters. The van der Waals surface area contributed by atoms with Gasteiger partial charge in [0, 0.05) is 31.9 Å². The van der Waals surface area contributed by atoms with Crippen LogP contribution >= 0.6 is 0 Å². The van der Waals surface area contributed by atoms with E-state index in [0.717, 1.165) is 24.2 Å². The van der Waals surface area contributed by atoms with Gasteiger partial charge in [-0.05, 0) is 42.8 Å². The molecule has 0 aliphatic carbocycles. The topological polar surface area (TPSA) is 42.2 Å². The van der Waals surface area contributed by atoms with Crippen LogP contribution in [-0.2, 0) is 12.8 Å². The van der Waals surface area contributed by atoms with E-state index < -0.39 is 0 Å². The molecule has 0 saturated carbocycles. The van der Waals surface area contributed by atoms with Gasteiger partial charge in [-0.1, -0.05) is 12.1 Å². The van der Waals surface area contributed by atoms with Gasteiger partial charge in [0.2, 0.25) is 0 Å². The van der Waals surface area contributed by atoms with Gasteiger partial charge in [0.15, 0.2) is 0 Å². The Morgan fingerprint density at radius 1 is 1.20 bits per heavy atom. The minimum atomic E-state index is -0.195. The van der Waals surface area contributed by atoms with E-state index >= 15 is 0 Å². The molecule has 4 heteroatoms. The van der Waals surface area contributed by atoms with E-state index in [4.69, 9.17) is 5.73 Å². The summed E-state index contributed by atoms with van der Waals surface area (Å²) in [6.07, 6.45) is 3.27. The highest BCUT2D eigenvalue weighted by Crippen LogP contribution is 2.19. The van der Waals surface area contributed by atoms with Crippen molar-refractivity contribution in [2.45, 2.75) is 12.8 Å². The van der Waals surface area contributed by atoms with Crippen LogP contribution in [-0.4, -0.2) is 25.1 Å². The van der Waals surface area contributed by atoms with Crippen LogP contribution in [0.5, 0.6) is 0 Å². The van der Waals surface area contributed by atoms with Gasteiger partial charge in [-0.2, -0.15) is 0 Å². The molecule has 3 nitrogen and oxygen atoms in total. The third-order valence-electron chi connectivity index (χ3n) is 3.29. The number of pyridine rings is 1. The quantitative estimate of drug-likeness (QED) is 0.879. The molecule has 1 heterocycles. The van der Waals surface area contributed by atoms with Crippen molar-refractivity contribution in [2.24, 2.45) is 5.73 Å². The molecule has 0 amide bonds. The molecule has 1 aromatic carbocycles. The maximum atomic E-state index is 14.1. The van der Waals surface area contributed by atoms with Crippen LogP contribution in [0.2, 0.25) is 0 Å². The smallest absolute Gasteiger partial charge is 0.146 e. The summed E-state index contributed by atoms with van der Waals surface area (Å²) >= 11 is 0. The molecule has 0 fully saturated rings. The third kappa shape index (κ3) is 3.78. The van der Waals surface area contributed by atoms with Gasteiger partial charge in [-0.3, -0.25) is 4.98 Å². The van der Waals surface area contributed by atoms with Crippen molar-refractivity contribution in [3.8, 4) is 0 Å². The van der Waals surface area contributed by atoms with Gasteiger partial charge in [0.05, 0.1) is 5.69 Å². The zero-order valence-corrected chi connectivity index (χ0v) is 11.7. The third-order valence-corrected chi connectivity index (χ3v) is 3.29. The van der Waals surface area contributed by atoms with Crippen molar-refractivity contribution in [3.05, 3.63) is 59.7 Å². The molecular formula is C16H20FN3. The number of hydrogen-bond donors (Lipinski definition) is 1. The number of anilines is 1. The Morgan fingerprint density at radius 3 is 2.70 bits per heavy atom. The maximum absolute atomic E-state index is 14.1. The highest BCUT2D eigenvalue weighted by Gasteiger charge is 2.08. The van der Waals surface area contributed by atoms with Crippen molar-refractivity contribution >= 4 is 5.69 Å². The van der Waals surface area contributed by atoms with E-state index in [1.807, 2.05) is 42.3 Å². The molecule has 2 N–H and O–H groups in total. The van der Waals surface area contributed by atoms with E-state index in [-0.39, 0.29) is 5.82 Å². The number of hydrogen-bond acceptors (Lipinski definition) is 3. The SMILES string of the molecule is CN(CCc1ccccn1)c1ccc(CCN)cc1F. The molecule has 106 valence electrons. The lowest BCUT2D eigenvalue weighted by atomic mass is 10.1. The summed E-state index contributed by atoms with van der Waals surface area (Å²) in [7, 11) is 1.89. The van der Waals surface area contributed by atoms with Crippen molar-refractivity contribution in [2.75, 3.05) is 25.0 Å². The second kappa shape index (κ2) is 7.01. The number of rotatable bonds is 6. The van der Waals surface area contributed by atoms with Crippen LogP contribution in [0.3, 0.4) is 0 Å². The Morgan fingerprint density at radius 2 is 2.05 bits per heavy atom. The highest BCUT2D eigenvalue weighted by molar-refractivity contribution is 5.48. The Bertz CT molecular complexity index is 543.